The number of guanidine groups is 1. The smallest absolute Gasteiger partial charge is 0.216 e. The molecule has 1 aromatic carbocycles. The lowest BCUT2D eigenvalue weighted by Crippen LogP contribution is -2.57. The fourth-order valence-electron chi connectivity index (χ4n) is 3.61. The molecule has 1 unspecified atom stereocenters. The molecule has 1 N–H and O–H groups in total. The number of fused-ring (bicyclic) bond motifs is 5. The number of aromatic nitrogens is 3. The molecule has 3 aromatic rings. The summed E-state index contributed by atoms with van der Waals surface area (Å²) in [5, 5.41) is 3.56. The van der Waals surface area contributed by atoms with E-state index in [1.54, 1.807) is 7.11 Å². The molecule has 27 heavy (non-hydrogen) atoms. The van der Waals surface area contributed by atoms with E-state index in [1.807, 2.05) is 42.6 Å². The Labute approximate surface area is 157 Å². The van der Waals surface area contributed by atoms with Crippen LogP contribution >= 0.6 is 0 Å². The minimum atomic E-state index is -0.144. The summed E-state index contributed by atoms with van der Waals surface area (Å²) in [6, 6.07) is 14.2. The maximum atomic E-state index is 5.22. The van der Waals surface area contributed by atoms with Crippen molar-refractivity contribution in [2.24, 2.45) is 4.99 Å². The molecule has 1 atom stereocenters. The highest BCUT2D eigenvalue weighted by Crippen LogP contribution is 2.33. The first-order valence-electron chi connectivity index (χ1n) is 9.03. The normalized spacial score (nSPS) is 19.4. The van der Waals surface area contributed by atoms with Crippen LogP contribution in [0.25, 0.3) is 11.0 Å². The van der Waals surface area contributed by atoms with Crippen LogP contribution in [0.15, 0.2) is 53.7 Å². The van der Waals surface area contributed by atoms with Gasteiger partial charge in [-0.25, -0.2) is 9.98 Å². The predicted octanol–water partition coefficient (Wildman–Crippen LogP) is 1.62. The second kappa shape index (κ2) is 6.64. The number of nitrogens with one attached hydrogen (secondary N) is 1. The molecular formula is C19H21N7O. The Morgan fingerprint density at radius 1 is 1.19 bits per heavy atom. The third kappa shape index (κ3) is 2.73. The molecule has 0 saturated heterocycles. The van der Waals surface area contributed by atoms with Crippen LogP contribution in [0.4, 0.5) is 5.95 Å². The van der Waals surface area contributed by atoms with E-state index in [1.165, 1.54) is 0 Å². The Kier molecular flexibility index (Phi) is 3.99. The van der Waals surface area contributed by atoms with E-state index in [0.717, 1.165) is 35.2 Å². The summed E-state index contributed by atoms with van der Waals surface area (Å²) >= 11 is 0. The third-order valence-corrected chi connectivity index (χ3v) is 4.94. The standard InChI is InChI=1S/C19H21N7O/c1-27-11-10-24-12-21-18-23-17(15-7-4-5-9-20-15)26-16-8-3-2-6-14(16)22-19(26)25(18)13-24/h2-9,17H,10-13H2,1H3,(H,21,23). The number of anilines is 1. The first-order chi connectivity index (χ1) is 13.3. The molecule has 8 heteroatoms. The molecule has 8 nitrogen and oxygen atoms in total. The zero-order chi connectivity index (χ0) is 18.2. The molecule has 2 aromatic heterocycles. The summed E-state index contributed by atoms with van der Waals surface area (Å²) in [7, 11) is 1.72. The molecule has 0 radical (unpaired) electrons. The van der Waals surface area contributed by atoms with E-state index in [0.29, 0.717) is 19.9 Å². The van der Waals surface area contributed by atoms with Crippen molar-refractivity contribution in [1.29, 1.82) is 0 Å². The van der Waals surface area contributed by atoms with Gasteiger partial charge in [0.15, 0.2) is 6.17 Å². The number of ether oxygens (including phenoxy) is 1. The lowest BCUT2D eigenvalue weighted by molar-refractivity contribution is 0.147. The van der Waals surface area contributed by atoms with Crippen LogP contribution in [0.2, 0.25) is 0 Å². The second-order valence-corrected chi connectivity index (χ2v) is 6.65. The molecule has 0 bridgehead atoms. The molecule has 2 aliphatic rings. The van der Waals surface area contributed by atoms with Crippen molar-refractivity contribution in [2.45, 2.75) is 6.17 Å². The van der Waals surface area contributed by atoms with Crippen molar-refractivity contribution in [3.8, 4) is 0 Å². The molecule has 0 fully saturated rings. The van der Waals surface area contributed by atoms with Gasteiger partial charge in [0.2, 0.25) is 11.9 Å². The van der Waals surface area contributed by atoms with Crippen LogP contribution in [-0.2, 0) is 4.74 Å². The molecule has 0 aliphatic carbocycles. The summed E-state index contributed by atoms with van der Waals surface area (Å²) in [4.78, 5) is 18.6. The van der Waals surface area contributed by atoms with Gasteiger partial charge in [-0.15, -0.1) is 0 Å². The largest absolute Gasteiger partial charge is 0.383 e. The first-order valence-corrected chi connectivity index (χ1v) is 9.03. The number of pyridine rings is 1. The van der Waals surface area contributed by atoms with Gasteiger partial charge in [0, 0.05) is 19.9 Å². The highest BCUT2D eigenvalue weighted by molar-refractivity contribution is 5.98. The van der Waals surface area contributed by atoms with Crippen LogP contribution < -0.4 is 10.2 Å². The number of nitrogens with zero attached hydrogens (tertiary/aromatic N) is 6. The van der Waals surface area contributed by atoms with Gasteiger partial charge < -0.3 is 10.1 Å². The molecule has 0 spiro atoms. The molecule has 0 amide bonds. The zero-order valence-corrected chi connectivity index (χ0v) is 15.1. The van der Waals surface area contributed by atoms with Crippen LogP contribution in [0.3, 0.4) is 0 Å². The zero-order valence-electron chi connectivity index (χ0n) is 15.1. The number of imidazole rings is 1. The van der Waals surface area contributed by atoms with Gasteiger partial charge in [-0.2, -0.15) is 0 Å². The second-order valence-electron chi connectivity index (χ2n) is 6.65. The van der Waals surface area contributed by atoms with Crippen molar-refractivity contribution >= 4 is 22.9 Å². The number of hydrogen-bond acceptors (Lipinski definition) is 7. The van der Waals surface area contributed by atoms with Crippen LogP contribution in [0, 0.1) is 0 Å². The topological polar surface area (TPSA) is 70.8 Å². The van der Waals surface area contributed by atoms with Crippen molar-refractivity contribution < 1.29 is 4.74 Å². The van der Waals surface area contributed by atoms with Crippen molar-refractivity contribution in [3.05, 3.63) is 54.4 Å². The van der Waals surface area contributed by atoms with Crippen LogP contribution in [0.1, 0.15) is 11.9 Å². The maximum Gasteiger partial charge on any atom is 0.216 e. The number of aliphatic imine (C=N–C) groups is 1. The maximum absolute atomic E-state index is 5.22. The summed E-state index contributed by atoms with van der Waals surface area (Å²) in [6.45, 7) is 2.86. The Morgan fingerprint density at radius 2 is 2.07 bits per heavy atom. The Morgan fingerprint density at radius 3 is 2.93 bits per heavy atom. The fourth-order valence-corrected chi connectivity index (χ4v) is 3.61. The third-order valence-electron chi connectivity index (χ3n) is 4.94. The summed E-state index contributed by atoms with van der Waals surface area (Å²) < 4.78 is 7.42. The van der Waals surface area contributed by atoms with Crippen molar-refractivity contribution in [3.63, 3.8) is 0 Å². The molecule has 5 rings (SSSR count). The number of hydrogen-bond donors (Lipinski definition) is 1. The van der Waals surface area contributed by atoms with Gasteiger partial charge in [-0.1, -0.05) is 18.2 Å². The Balaban J connectivity index is 1.62. The van der Waals surface area contributed by atoms with E-state index < -0.39 is 0 Å². The van der Waals surface area contributed by atoms with Gasteiger partial charge >= 0.3 is 0 Å². The highest BCUT2D eigenvalue weighted by atomic mass is 16.5. The summed E-state index contributed by atoms with van der Waals surface area (Å²) in [5.41, 5.74) is 2.97. The number of methoxy groups -OCH3 is 1. The van der Waals surface area contributed by atoms with E-state index in [4.69, 9.17) is 14.7 Å². The SMILES string of the molecule is COCCN1CN=C2NC(c3ccccn3)n3c(nc4ccccc43)N2C1. The van der Waals surface area contributed by atoms with Gasteiger partial charge in [0.05, 0.1) is 36.7 Å². The van der Waals surface area contributed by atoms with Gasteiger partial charge in [0.25, 0.3) is 0 Å². The van der Waals surface area contributed by atoms with E-state index in [-0.39, 0.29) is 6.17 Å². The lowest BCUT2D eigenvalue weighted by Gasteiger charge is -2.41. The monoisotopic (exact) mass is 363 g/mol. The number of para-hydroxylation sites is 2. The van der Waals surface area contributed by atoms with Crippen LogP contribution in [0.5, 0.6) is 0 Å². The number of rotatable bonds is 4. The predicted molar refractivity (Wildman–Crippen MR) is 103 cm³/mol. The van der Waals surface area contributed by atoms with E-state index in [9.17, 15) is 0 Å². The average molecular weight is 363 g/mol. The van der Waals surface area contributed by atoms with Crippen molar-refractivity contribution in [2.75, 3.05) is 38.5 Å². The summed E-state index contributed by atoms with van der Waals surface area (Å²) in [5.74, 6) is 1.72. The lowest BCUT2D eigenvalue weighted by atomic mass is 10.2. The van der Waals surface area contributed by atoms with Gasteiger partial charge in [0.1, 0.15) is 0 Å². The van der Waals surface area contributed by atoms with Gasteiger partial charge in [-0.05, 0) is 24.3 Å². The molecule has 4 heterocycles. The quantitative estimate of drug-likeness (QED) is 0.760. The molecule has 2 aliphatic heterocycles. The minimum absolute atomic E-state index is 0.144. The molecule has 138 valence electrons. The molecular weight excluding hydrogens is 342 g/mol. The summed E-state index contributed by atoms with van der Waals surface area (Å²) in [6.07, 6.45) is 1.67. The van der Waals surface area contributed by atoms with E-state index in [2.05, 4.69) is 30.7 Å². The first kappa shape index (κ1) is 16.2. The van der Waals surface area contributed by atoms with Crippen molar-refractivity contribution in [1.82, 2.24) is 24.8 Å². The average Bonchev–Trinajstić information content (AvgIpc) is 3.12. The fraction of sp³-hybridized carbons (Fsp3) is 0.316. The minimum Gasteiger partial charge on any atom is -0.383 e. The highest BCUT2D eigenvalue weighted by Gasteiger charge is 2.36. The van der Waals surface area contributed by atoms with Crippen LogP contribution in [-0.4, -0.2) is 59.0 Å². The Hall–Kier alpha value is -2.97. The van der Waals surface area contributed by atoms with Gasteiger partial charge in [-0.3, -0.25) is 19.4 Å². The molecule has 0 saturated carbocycles. The Bertz CT molecular complexity index is 984. The number of benzene rings is 1. The van der Waals surface area contributed by atoms with E-state index >= 15 is 0 Å².